The first-order valence-corrected chi connectivity index (χ1v) is 9.06. The Morgan fingerprint density at radius 2 is 1.56 bits per heavy atom. The first kappa shape index (κ1) is 17.2. The summed E-state index contributed by atoms with van der Waals surface area (Å²) in [6, 6.07) is 20.9. The van der Waals surface area contributed by atoms with Gasteiger partial charge in [-0.25, -0.2) is 9.37 Å². The lowest BCUT2D eigenvalue weighted by atomic mass is 10.1. The average Bonchev–Trinajstić information content (AvgIpc) is 3.14. The molecule has 0 saturated carbocycles. The van der Waals surface area contributed by atoms with Gasteiger partial charge in [0, 0.05) is 30.1 Å². The van der Waals surface area contributed by atoms with Crippen molar-refractivity contribution in [1.82, 2.24) is 14.5 Å². The summed E-state index contributed by atoms with van der Waals surface area (Å²) in [7, 11) is 0. The summed E-state index contributed by atoms with van der Waals surface area (Å²) >= 11 is 0. The molecule has 4 heteroatoms. The van der Waals surface area contributed by atoms with E-state index in [9.17, 15) is 4.39 Å². The molecule has 0 atom stereocenters. The number of nitrogens with zero attached hydrogens (tertiary/aromatic N) is 3. The van der Waals surface area contributed by atoms with Crippen molar-refractivity contribution in [1.29, 1.82) is 0 Å². The Morgan fingerprint density at radius 3 is 2.30 bits per heavy atom. The summed E-state index contributed by atoms with van der Waals surface area (Å²) in [5.74, 6) is -0.244. The Bertz CT molecular complexity index is 993. The Kier molecular flexibility index (Phi) is 5.06. The third-order valence-electron chi connectivity index (χ3n) is 4.62. The van der Waals surface area contributed by atoms with E-state index in [1.807, 2.05) is 24.5 Å². The second-order valence-electron chi connectivity index (χ2n) is 6.47. The number of rotatable bonds is 6. The van der Waals surface area contributed by atoms with Crippen LogP contribution in [0, 0.1) is 5.82 Å². The minimum absolute atomic E-state index is 0.244. The SMILES string of the molecule is Fc1ccc(-c2ncn(CCCc3ccccc3)c2-c2ccncc2)cc1. The number of pyridine rings is 1. The fourth-order valence-corrected chi connectivity index (χ4v) is 3.28. The molecule has 0 aliphatic carbocycles. The van der Waals surface area contributed by atoms with Crippen LogP contribution in [0.2, 0.25) is 0 Å². The molecular weight excluding hydrogens is 337 g/mol. The van der Waals surface area contributed by atoms with Gasteiger partial charge in [0.15, 0.2) is 0 Å². The van der Waals surface area contributed by atoms with Gasteiger partial charge in [0.2, 0.25) is 0 Å². The van der Waals surface area contributed by atoms with Crippen LogP contribution >= 0.6 is 0 Å². The van der Waals surface area contributed by atoms with E-state index in [0.717, 1.165) is 41.9 Å². The molecule has 0 bridgehead atoms. The lowest BCUT2D eigenvalue weighted by Gasteiger charge is -2.11. The zero-order chi connectivity index (χ0) is 18.5. The molecule has 0 aliphatic heterocycles. The van der Waals surface area contributed by atoms with Crippen LogP contribution in [0.25, 0.3) is 22.5 Å². The predicted molar refractivity (Wildman–Crippen MR) is 106 cm³/mol. The summed E-state index contributed by atoms with van der Waals surface area (Å²) < 4.78 is 15.5. The molecule has 134 valence electrons. The second kappa shape index (κ2) is 7.96. The van der Waals surface area contributed by atoms with Crippen LogP contribution in [0.3, 0.4) is 0 Å². The second-order valence-corrected chi connectivity index (χ2v) is 6.47. The van der Waals surface area contributed by atoms with Crippen molar-refractivity contribution in [2.24, 2.45) is 0 Å². The molecule has 4 aromatic rings. The zero-order valence-electron chi connectivity index (χ0n) is 14.9. The van der Waals surface area contributed by atoms with Gasteiger partial charge in [0.05, 0.1) is 17.7 Å². The van der Waals surface area contributed by atoms with Gasteiger partial charge in [0.25, 0.3) is 0 Å². The quantitative estimate of drug-likeness (QED) is 0.463. The molecule has 0 aliphatic rings. The van der Waals surface area contributed by atoms with Crippen molar-refractivity contribution in [2.45, 2.75) is 19.4 Å². The molecule has 0 fully saturated rings. The molecule has 0 spiro atoms. The summed E-state index contributed by atoms with van der Waals surface area (Å²) in [5, 5.41) is 0. The van der Waals surface area contributed by atoms with Crippen LogP contribution in [0.15, 0.2) is 85.5 Å². The maximum absolute atomic E-state index is 13.3. The van der Waals surface area contributed by atoms with Gasteiger partial charge in [-0.15, -0.1) is 0 Å². The van der Waals surface area contributed by atoms with Crippen LogP contribution in [-0.4, -0.2) is 14.5 Å². The van der Waals surface area contributed by atoms with Gasteiger partial charge in [-0.3, -0.25) is 4.98 Å². The Morgan fingerprint density at radius 1 is 0.815 bits per heavy atom. The van der Waals surface area contributed by atoms with E-state index in [-0.39, 0.29) is 5.82 Å². The highest BCUT2D eigenvalue weighted by molar-refractivity contribution is 5.78. The van der Waals surface area contributed by atoms with Crippen molar-refractivity contribution in [3.8, 4) is 22.5 Å². The standard InChI is InChI=1S/C23H20FN3/c24-21-10-8-19(9-11-21)22-23(20-12-14-25-15-13-20)27(17-26-22)16-4-7-18-5-2-1-3-6-18/h1-3,5-6,8-15,17H,4,7,16H2. The maximum atomic E-state index is 13.3. The fourth-order valence-electron chi connectivity index (χ4n) is 3.28. The van der Waals surface area contributed by atoms with E-state index in [2.05, 4.69) is 38.8 Å². The molecule has 4 rings (SSSR count). The van der Waals surface area contributed by atoms with Gasteiger partial charge in [-0.1, -0.05) is 30.3 Å². The van der Waals surface area contributed by atoms with E-state index in [4.69, 9.17) is 0 Å². The summed E-state index contributed by atoms with van der Waals surface area (Å²) in [4.78, 5) is 8.76. The van der Waals surface area contributed by atoms with Crippen LogP contribution in [-0.2, 0) is 13.0 Å². The van der Waals surface area contributed by atoms with E-state index < -0.39 is 0 Å². The van der Waals surface area contributed by atoms with Crippen molar-refractivity contribution in [2.75, 3.05) is 0 Å². The molecule has 0 unspecified atom stereocenters. The molecule has 0 saturated heterocycles. The van der Waals surface area contributed by atoms with Crippen LogP contribution < -0.4 is 0 Å². The summed E-state index contributed by atoms with van der Waals surface area (Å²) in [5.41, 5.74) is 5.20. The minimum atomic E-state index is -0.244. The van der Waals surface area contributed by atoms with E-state index >= 15 is 0 Å². The Balaban J connectivity index is 1.64. The normalized spacial score (nSPS) is 10.9. The first-order valence-electron chi connectivity index (χ1n) is 9.06. The monoisotopic (exact) mass is 357 g/mol. The summed E-state index contributed by atoms with van der Waals surface area (Å²) in [6.45, 7) is 0.862. The van der Waals surface area contributed by atoms with Crippen molar-refractivity contribution < 1.29 is 4.39 Å². The highest BCUT2D eigenvalue weighted by Gasteiger charge is 2.15. The van der Waals surface area contributed by atoms with Crippen LogP contribution in [0.1, 0.15) is 12.0 Å². The third-order valence-corrected chi connectivity index (χ3v) is 4.62. The van der Waals surface area contributed by atoms with Gasteiger partial charge < -0.3 is 4.57 Å². The molecule has 0 amide bonds. The van der Waals surface area contributed by atoms with E-state index in [1.54, 1.807) is 24.5 Å². The van der Waals surface area contributed by atoms with Gasteiger partial charge in [-0.2, -0.15) is 0 Å². The lowest BCUT2D eigenvalue weighted by molar-refractivity contribution is 0.628. The number of aromatic nitrogens is 3. The van der Waals surface area contributed by atoms with Crippen LogP contribution in [0.4, 0.5) is 4.39 Å². The summed E-state index contributed by atoms with van der Waals surface area (Å²) in [6.07, 6.45) is 7.47. The average molecular weight is 357 g/mol. The number of hydrogen-bond donors (Lipinski definition) is 0. The molecule has 0 N–H and O–H groups in total. The van der Waals surface area contributed by atoms with Gasteiger partial charge in [-0.05, 0) is 54.8 Å². The highest BCUT2D eigenvalue weighted by Crippen LogP contribution is 2.31. The Hall–Kier alpha value is -3.27. The Labute approximate surface area is 158 Å². The number of halogens is 1. The van der Waals surface area contributed by atoms with Gasteiger partial charge in [0.1, 0.15) is 5.82 Å². The maximum Gasteiger partial charge on any atom is 0.123 e. The van der Waals surface area contributed by atoms with Crippen molar-refractivity contribution in [3.05, 3.63) is 96.8 Å². The molecule has 3 nitrogen and oxygen atoms in total. The van der Waals surface area contributed by atoms with E-state index in [0.29, 0.717) is 0 Å². The van der Waals surface area contributed by atoms with Gasteiger partial charge >= 0.3 is 0 Å². The van der Waals surface area contributed by atoms with Crippen molar-refractivity contribution in [3.63, 3.8) is 0 Å². The first-order chi connectivity index (χ1) is 13.3. The molecule has 2 aromatic heterocycles. The fraction of sp³-hybridized carbons (Fsp3) is 0.130. The molecule has 2 aromatic carbocycles. The molecule has 2 heterocycles. The predicted octanol–water partition coefficient (Wildman–Crippen LogP) is 5.38. The highest BCUT2D eigenvalue weighted by atomic mass is 19.1. The van der Waals surface area contributed by atoms with Crippen molar-refractivity contribution >= 4 is 0 Å². The number of imidazole rings is 1. The third kappa shape index (κ3) is 3.95. The largest absolute Gasteiger partial charge is 0.330 e. The topological polar surface area (TPSA) is 30.7 Å². The zero-order valence-corrected chi connectivity index (χ0v) is 14.9. The lowest BCUT2D eigenvalue weighted by Crippen LogP contribution is -2.01. The van der Waals surface area contributed by atoms with E-state index in [1.165, 1.54) is 17.7 Å². The molecular formula is C23H20FN3. The smallest absolute Gasteiger partial charge is 0.123 e. The molecule has 0 radical (unpaired) electrons. The molecule has 27 heavy (non-hydrogen) atoms. The number of benzene rings is 2. The number of aryl methyl sites for hydroxylation is 2. The minimum Gasteiger partial charge on any atom is -0.330 e. The van der Waals surface area contributed by atoms with Crippen LogP contribution in [0.5, 0.6) is 0 Å². The number of hydrogen-bond acceptors (Lipinski definition) is 2.